The zero-order valence-electron chi connectivity index (χ0n) is 13.5. The third-order valence-electron chi connectivity index (χ3n) is 4.40. The van der Waals surface area contributed by atoms with E-state index in [1.165, 1.54) is 4.40 Å². The number of nitrogens with zero attached hydrogens (tertiary/aromatic N) is 4. The molecule has 1 fully saturated rings. The van der Waals surface area contributed by atoms with Gasteiger partial charge in [0.25, 0.3) is 0 Å². The summed E-state index contributed by atoms with van der Waals surface area (Å²) in [7, 11) is 0. The number of rotatable bonds is 4. The zero-order chi connectivity index (χ0) is 16.5. The van der Waals surface area contributed by atoms with Crippen molar-refractivity contribution in [1.29, 1.82) is 0 Å². The quantitative estimate of drug-likeness (QED) is 0.744. The molecule has 0 radical (unpaired) electrons. The van der Waals surface area contributed by atoms with Crippen LogP contribution in [0.5, 0.6) is 0 Å². The maximum absolute atomic E-state index is 11.7. The number of aryl methyl sites for hydroxylation is 1. The minimum atomic E-state index is -0.242. The van der Waals surface area contributed by atoms with Crippen LogP contribution < -0.4 is 15.9 Å². The maximum Gasteiger partial charge on any atom is 0.347 e. The van der Waals surface area contributed by atoms with Crippen LogP contribution in [0.25, 0.3) is 5.65 Å². The van der Waals surface area contributed by atoms with Gasteiger partial charge < -0.3 is 14.6 Å². The number of H-pyrrole nitrogens is 1. The van der Waals surface area contributed by atoms with E-state index in [0.717, 1.165) is 43.3 Å². The Morgan fingerprint density at radius 2 is 2.38 bits per heavy atom. The molecule has 1 aliphatic heterocycles. The minimum absolute atomic E-state index is 0.242. The summed E-state index contributed by atoms with van der Waals surface area (Å²) in [5.74, 6) is 2.62. The Kier molecular flexibility index (Phi) is 3.81. The average Bonchev–Trinajstić information content (AvgIpc) is 3.19. The van der Waals surface area contributed by atoms with E-state index in [4.69, 9.17) is 4.42 Å². The molecule has 3 aromatic rings. The molecule has 3 aromatic heterocycles. The lowest BCUT2D eigenvalue weighted by Gasteiger charge is -2.33. The summed E-state index contributed by atoms with van der Waals surface area (Å²) in [6.45, 7) is 4.40. The fraction of sp³-hybridized carbons (Fsp3) is 0.438. The summed E-state index contributed by atoms with van der Waals surface area (Å²) in [5, 5.41) is 10.1. The summed E-state index contributed by atoms with van der Waals surface area (Å²) in [6.07, 6.45) is 5.43. The molecule has 0 spiro atoms. The Morgan fingerprint density at radius 3 is 3.21 bits per heavy atom. The smallest absolute Gasteiger partial charge is 0.347 e. The van der Waals surface area contributed by atoms with E-state index in [1.807, 2.05) is 19.1 Å². The third kappa shape index (κ3) is 2.80. The van der Waals surface area contributed by atoms with Crippen molar-refractivity contribution < 1.29 is 4.42 Å². The van der Waals surface area contributed by atoms with Gasteiger partial charge in [0, 0.05) is 31.5 Å². The number of piperidine rings is 1. The Labute approximate surface area is 138 Å². The molecule has 0 saturated carbocycles. The van der Waals surface area contributed by atoms with Gasteiger partial charge in [0.05, 0.1) is 6.54 Å². The van der Waals surface area contributed by atoms with E-state index < -0.39 is 0 Å². The first kappa shape index (κ1) is 14.9. The third-order valence-corrected chi connectivity index (χ3v) is 4.40. The van der Waals surface area contributed by atoms with Gasteiger partial charge in [0.15, 0.2) is 5.82 Å². The molecule has 1 saturated heterocycles. The number of aromatic nitrogens is 4. The second-order valence-electron chi connectivity index (χ2n) is 6.15. The lowest BCUT2D eigenvalue weighted by molar-refractivity contribution is 0.389. The molecule has 8 heteroatoms. The SMILES string of the molecule is Cc1ccc(CNC2CCCN(c3nccn4c(=O)[nH]nc34)C2)o1. The molecule has 24 heavy (non-hydrogen) atoms. The van der Waals surface area contributed by atoms with Crippen LogP contribution >= 0.6 is 0 Å². The van der Waals surface area contributed by atoms with Gasteiger partial charge in [-0.05, 0) is 31.9 Å². The highest BCUT2D eigenvalue weighted by molar-refractivity contribution is 5.63. The van der Waals surface area contributed by atoms with Crippen LogP contribution in [0.4, 0.5) is 5.82 Å². The van der Waals surface area contributed by atoms with Crippen molar-refractivity contribution in [2.75, 3.05) is 18.0 Å². The van der Waals surface area contributed by atoms with Crippen LogP contribution in [-0.2, 0) is 6.54 Å². The van der Waals surface area contributed by atoms with E-state index in [1.54, 1.807) is 12.4 Å². The molecule has 0 amide bonds. The van der Waals surface area contributed by atoms with Crippen LogP contribution in [0, 0.1) is 6.92 Å². The first-order chi connectivity index (χ1) is 11.7. The fourth-order valence-corrected chi connectivity index (χ4v) is 3.21. The maximum atomic E-state index is 11.7. The van der Waals surface area contributed by atoms with Gasteiger partial charge in [-0.1, -0.05) is 0 Å². The number of nitrogens with one attached hydrogen (secondary N) is 2. The van der Waals surface area contributed by atoms with E-state index >= 15 is 0 Å². The van der Waals surface area contributed by atoms with Gasteiger partial charge in [-0.3, -0.25) is 0 Å². The van der Waals surface area contributed by atoms with Crippen LogP contribution in [0.1, 0.15) is 24.4 Å². The summed E-state index contributed by atoms with van der Waals surface area (Å²) < 4.78 is 7.10. The summed E-state index contributed by atoms with van der Waals surface area (Å²) in [4.78, 5) is 18.3. The van der Waals surface area contributed by atoms with Crippen molar-refractivity contribution in [3.63, 3.8) is 0 Å². The molecule has 1 atom stereocenters. The molecule has 4 heterocycles. The number of aromatic amines is 1. The van der Waals surface area contributed by atoms with Crippen LogP contribution in [0.3, 0.4) is 0 Å². The number of anilines is 1. The summed E-state index contributed by atoms with van der Waals surface area (Å²) in [5.41, 5.74) is 0.332. The average molecular weight is 328 g/mol. The molecule has 4 rings (SSSR count). The Hall–Kier alpha value is -2.61. The van der Waals surface area contributed by atoms with Gasteiger partial charge in [0.1, 0.15) is 11.5 Å². The van der Waals surface area contributed by atoms with Crippen LogP contribution in [0.15, 0.2) is 33.7 Å². The Bertz CT molecular complexity index is 895. The largest absolute Gasteiger partial charge is 0.465 e. The Morgan fingerprint density at radius 1 is 1.46 bits per heavy atom. The van der Waals surface area contributed by atoms with Gasteiger partial charge in [-0.2, -0.15) is 0 Å². The van der Waals surface area contributed by atoms with Crippen molar-refractivity contribution in [2.24, 2.45) is 0 Å². The van der Waals surface area contributed by atoms with Gasteiger partial charge in [0.2, 0.25) is 5.65 Å². The first-order valence-electron chi connectivity index (χ1n) is 8.16. The lowest BCUT2D eigenvalue weighted by atomic mass is 10.1. The highest BCUT2D eigenvalue weighted by atomic mass is 16.3. The van der Waals surface area contributed by atoms with Gasteiger partial charge in [-0.25, -0.2) is 19.3 Å². The predicted molar refractivity (Wildman–Crippen MR) is 89.1 cm³/mol. The van der Waals surface area contributed by atoms with Gasteiger partial charge >= 0.3 is 5.69 Å². The molecule has 0 aliphatic carbocycles. The zero-order valence-corrected chi connectivity index (χ0v) is 13.5. The molecule has 2 N–H and O–H groups in total. The number of fused-ring (bicyclic) bond motifs is 1. The minimum Gasteiger partial charge on any atom is -0.465 e. The van der Waals surface area contributed by atoms with Gasteiger partial charge in [-0.15, -0.1) is 5.10 Å². The molecule has 126 valence electrons. The monoisotopic (exact) mass is 328 g/mol. The molecule has 1 unspecified atom stereocenters. The Balaban J connectivity index is 1.48. The second-order valence-corrected chi connectivity index (χ2v) is 6.15. The van der Waals surface area contributed by atoms with Crippen molar-refractivity contribution in [1.82, 2.24) is 24.9 Å². The standard InChI is InChI=1S/C16H20N6O2/c1-11-4-5-13(24-11)9-18-12-3-2-7-21(10-12)14-15-19-20-16(23)22(15)8-6-17-14/h4-6,8,12,18H,2-3,7,9-10H2,1H3,(H,20,23). The van der Waals surface area contributed by atoms with Crippen molar-refractivity contribution >= 4 is 11.5 Å². The molecular formula is C16H20N6O2. The number of hydrogen-bond acceptors (Lipinski definition) is 6. The van der Waals surface area contributed by atoms with E-state index in [-0.39, 0.29) is 5.69 Å². The van der Waals surface area contributed by atoms with E-state index in [2.05, 4.69) is 25.4 Å². The molecule has 0 aromatic carbocycles. The van der Waals surface area contributed by atoms with Crippen molar-refractivity contribution in [3.8, 4) is 0 Å². The van der Waals surface area contributed by atoms with Crippen LogP contribution in [0.2, 0.25) is 0 Å². The molecule has 0 bridgehead atoms. The highest BCUT2D eigenvalue weighted by Gasteiger charge is 2.23. The fourth-order valence-electron chi connectivity index (χ4n) is 3.21. The lowest BCUT2D eigenvalue weighted by Crippen LogP contribution is -2.46. The second kappa shape index (κ2) is 6.12. The summed E-state index contributed by atoms with van der Waals surface area (Å²) >= 11 is 0. The van der Waals surface area contributed by atoms with Crippen molar-refractivity contribution in [3.05, 3.63) is 46.5 Å². The molecule has 1 aliphatic rings. The van der Waals surface area contributed by atoms with Crippen molar-refractivity contribution in [2.45, 2.75) is 32.4 Å². The first-order valence-corrected chi connectivity index (χ1v) is 8.16. The highest BCUT2D eigenvalue weighted by Crippen LogP contribution is 2.20. The molecule has 8 nitrogen and oxygen atoms in total. The summed E-state index contributed by atoms with van der Waals surface area (Å²) in [6, 6.07) is 4.32. The van der Waals surface area contributed by atoms with E-state index in [9.17, 15) is 4.79 Å². The predicted octanol–water partition coefficient (Wildman–Crippen LogP) is 1.08. The normalized spacial score (nSPS) is 18.4. The topological polar surface area (TPSA) is 91.5 Å². The van der Waals surface area contributed by atoms with E-state index in [0.29, 0.717) is 18.2 Å². The number of furan rings is 1. The van der Waals surface area contributed by atoms with Crippen LogP contribution in [-0.4, -0.2) is 38.7 Å². The molecular weight excluding hydrogens is 308 g/mol. The number of hydrogen-bond donors (Lipinski definition) is 2.